The smallest absolute Gasteiger partial charge is 0.269 e. The fraction of sp³-hybridized carbons (Fsp3) is 0.368. The van der Waals surface area contributed by atoms with Crippen molar-refractivity contribution in [2.24, 2.45) is 0 Å². The van der Waals surface area contributed by atoms with Crippen molar-refractivity contribution in [1.29, 1.82) is 0 Å². The maximum atomic E-state index is 10.8. The molecule has 1 N–H and O–H groups in total. The number of benzene rings is 2. The van der Waals surface area contributed by atoms with E-state index < -0.39 is 0 Å². The first-order chi connectivity index (χ1) is 11.6. The number of nitrogens with zero attached hydrogens (tertiary/aromatic N) is 1. The molecule has 0 aliphatic carbocycles. The number of ether oxygens (including phenoxy) is 1. The second-order valence-electron chi connectivity index (χ2n) is 6.37. The van der Waals surface area contributed by atoms with Crippen LogP contribution >= 0.6 is 0 Å². The molecule has 1 aliphatic heterocycles. The van der Waals surface area contributed by atoms with Crippen LogP contribution in [0.25, 0.3) is 0 Å². The van der Waals surface area contributed by atoms with Crippen molar-refractivity contribution in [1.82, 2.24) is 0 Å². The average molecular weight is 326 g/mol. The maximum absolute atomic E-state index is 10.8. The lowest BCUT2D eigenvalue weighted by Crippen LogP contribution is -2.40. The Hall–Kier alpha value is -2.40. The van der Waals surface area contributed by atoms with Crippen LogP contribution in [0.15, 0.2) is 48.5 Å². The van der Waals surface area contributed by atoms with Gasteiger partial charge in [0.15, 0.2) is 0 Å². The quantitative estimate of drug-likeness (QED) is 0.664. The highest BCUT2D eigenvalue weighted by Gasteiger charge is 2.35. The summed E-state index contributed by atoms with van der Waals surface area (Å²) in [5.41, 5.74) is 3.71. The zero-order chi connectivity index (χ0) is 17.0. The molecule has 3 rings (SSSR count). The third-order valence-corrected chi connectivity index (χ3v) is 4.88. The second-order valence-corrected chi connectivity index (χ2v) is 6.37. The van der Waals surface area contributed by atoms with E-state index in [2.05, 4.69) is 36.5 Å². The molecule has 5 nitrogen and oxygen atoms in total. The van der Waals surface area contributed by atoms with Crippen LogP contribution in [-0.2, 0) is 10.2 Å². The lowest BCUT2D eigenvalue weighted by Gasteiger charge is -2.39. The molecule has 0 radical (unpaired) electrons. The molecule has 2 aromatic carbocycles. The molecule has 24 heavy (non-hydrogen) atoms. The summed E-state index contributed by atoms with van der Waals surface area (Å²) in [7, 11) is 0. The first kappa shape index (κ1) is 16.5. The third-order valence-electron chi connectivity index (χ3n) is 4.88. The molecule has 1 saturated heterocycles. The molecule has 126 valence electrons. The number of hydrogen-bond acceptors (Lipinski definition) is 4. The van der Waals surface area contributed by atoms with E-state index in [-0.39, 0.29) is 16.0 Å². The summed E-state index contributed by atoms with van der Waals surface area (Å²) >= 11 is 0. The van der Waals surface area contributed by atoms with E-state index in [1.807, 2.05) is 0 Å². The highest BCUT2D eigenvalue weighted by atomic mass is 16.6. The maximum Gasteiger partial charge on any atom is 0.269 e. The van der Waals surface area contributed by atoms with Crippen LogP contribution in [0.4, 0.5) is 11.4 Å². The Balaban J connectivity index is 1.80. The van der Waals surface area contributed by atoms with E-state index in [0.717, 1.165) is 38.3 Å². The van der Waals surface area contributed by atoms with Crippen LogP contribution in [0.2, 0.25) is 0 Å². The summed E-state index contributed by atoms with van der Waals surface area (Å²) in [5, 5.41) is 14.2. The number of hydrogen-bond donors (Lipinski definition) is 1. The van der Waals surface area contributed by atoms with E-state index in [4.69, 9.17) is 4.74 Å². The molecule has 0 spiro atoms. The molecule has 0 bridgehead atoms. The summed E-state index contributed by atoms with van der Waals surface area (Å²) in [6.45, 7) is 4.46. The van der Waals surface area contributed by atoms with Crippen molar-refractivity contribution in [3.63, 3.8) is 0 Å². The molecule has 5 heteroatoms. The number of non-ortho nitro benzene ring substituents is 1. The van der Waals surface area contributed by atoms with E-state index in [0.29, 0.717) is 0 Å². The van der Waals surface area contributed by atoms with Gasteiger partial charge in [0, 0.05) is 43.0 Å². The van der Waals surface area contributed by atoms with Gasteiger partial charge in [0.1, 0.15) is 0 Å². The van der Waals surface area contributed by atoms with E-state index in [9.17, 15) is 10.1 Å². The van der Waals surface area contributed by atoms with Crippen molar-refractivity contribution in [3.05, 3.63) is 69.8 Å². The molecule has 0 saturated carbocycles. The van der Waals surface area contributed by atoms with Crippen LogP contribution in [-0.4, -0.2) is 24.7 Å². The van der Waals surface area contributed by atoms with Crippen LogP contribution in [0.1, 0.15) is 24.0 Å². The van der Waals surface area contributed by atoms with Gasteiger partial charge in [0.05, 0.1) is 4.92 Å². The molecule has 0 amide bonds. The van der Waals surface area contributed by atoms with Gasteiger partial charge < -0.3 is 10.1 Å². The lowest BCUT2D eigenvalue weighted by molar-refractivity contribution is -0.384. The normalized spacial score (nSPS) is 16.5. The van der Waals surface area contributed by atoms with Gasteiger partial charge in [-0.05, 0) is 43.0 Å². The van der Waals surface area contributed by atoms with Crippen molar-refractivity contribution < 1.29 is 9.66 Å². The minimum atomic E-state index is -0.378. The van der Waals surface area contributed by atoms with E-state index in [1.54, 1.807) is 12.1 Å². The van der Waals surface area contributed by atoms with Crippen molar-refractivity contribution in [2.75, 3.05) is 25.1 Å². The molecule has 0 atom stereocenters. The summed E-state index contributed by atoms with van der Waals surface area (Å²) < 4.78 is 5.58. The highest BCUT2D eigenvalue weighted by molar-refractivity contribution is 5.49. The van der Waals surface area contributed by atoms with Crippen LogP contribution < -0.4 is 5.32 Å². The van der Waals surface area contributed by atoms with Crippen molar-refractivity contribution >= 4 is 11.4 Å². The average Bonchev–Trinajstić information content (AvgIpc) is 2.61. The number of anilines is 1. The summed E-state index contributed by atoms with van der Waals surface area (Å²) in [4.78, 5) is 10.4. The van der Waals surface area contributed by atoms with Crippen LogP contribution in [0, 0.1) is 17.0 Å². The molecule has 0 aromatic heterocycles. The molecule has 1 aliphatic rings. The molecular formula is C19H22N2O3. The predicted molar refractivity (Wildman–Crippen MR) is 94.5 cm³/mol. The van der Waals surface area contributed by atoms with Gasteiger partial charge in [-0.3, -0.25) is 10.1 Å². The molecule has 0 unspecified atom stereocenters. The second kappa shape index (κ2) is 7.01. The predicted octanol–water partition coefficient (Wildman–Crippen LogP) is 4.06. The highest BCUT2D eigenvalue weighted by Crippen LogP contribution is 2.37. The fourth-order valence-electron chi connectivity index (χ4n) is 3.44. The van der Waals surface area contributed by atoms with Gasteiger partial charge in [-0.1, -0.05) is 24.3 Å². The number of nitro benzene ring substituents is 1. The van der Waals surface area contributed by atoms with Crippen LogP contribution in [0.3, 0.4) is 0 Å². The Morgan fingerprint density at radius 2 is 1.79 bits per heavy atom. The van der Waals surface area contributed by atoms with Gasteiger partial charge in [-0.25, -0.2) is 0 Å². The van der Waals surface area contributed by atoms with E-state index >= 15 is 0 Å². The molecule has 2 aromatic rings. The Bertz CT molecular complexity index is 707. The minimum absolute atomic E-state index is 0.0331. The van der Waals surface area contributed by atoms with Crippen LogP contribution in [0.5, 0.6) is 0 Å². The van der Waals surface area contributed by atoms with Gasteiger partial charge in [-0.15, -0.1) is 0 Å². The molecule has 1 fully saturated rings. The van der Waals surface area contributed by atoms with Gasteiger partial charge in [0.2, 0.25) is 0 Å². The number of nitro groups is 1. The summed E-state index contributed by atoms with van der Waals surface area (Å²) in [6, 6.07) is 15.1. The van der Waals surface area contributed by atoms with Gasteiger partial charge in [0.25, 0.3) is 5.69 Å². The zero-order valence-electron chi connectivity index (χ0n) is 13.8. The Labute approximate surface area is 141 Å². The monoisotopic (exact) mass is 326 g/mol. The topological polar surface area (TPSA) is 64.4 Å². The minimum Gasteiger partial charge on any atom is -0.384 e. The number of aryl methyl sites for hydroxylation is 1. The van der Waals surface area contributed by atoms with Crippen molar-refractivity contribution in [3.8, 4) is 0 Å². The Morgan fingerprint density at radius 1 is 1.12 bits per heavy atom. The Morgan fingerprint density at radius 3 is 2.42 bits per heavy atom. The fourth-order valence-corrected chi connectivity index (χ4v) is 3.44. The number of nitrogens with one attached hydrogen (secondary N) is 1. The number of rotatable bonds is 5. The zero-order valence-corrected chi connectivity index (χ0v) is 13.8. The first-order valence-electron chi connectivity index (χ1n) is 8.23. The SMILES string of the molecule is Cc1ccccc1C1(CNc2ccc([N+](=O)[O-])cc2)CCOCC1. The first-order valence-corrected chi connectivity index (χ1v) is 8.23. The molecular weight excluding hydrogens is 304 g/mol. The summed E-state index contributed by atoms with van der Waals surface area (Å²) in [5.74, 6) is 0. The third kappa shape index (κ3) is 3.41. The summed E-state index contributed by atoms with van der Waals surface area (Å²) in [6.07, 6.45) is 1.94. The Kier molecular flexibility index (Phi) is 4.81. The van der Waals surface area contributed by atoms with E-state index in [1.165, 1.54) is 23.3 Å². The lowest BCUT2D eigenvalue weighted by atomic mass is 9.72. The molecule has 1 heterocycles. The standard InChI is InChI=1S/C19H22N2O3/c1-15-4-2-3-5-18(15)19(10-12-24-13-11-19)14-20-16-6-8-17(9-7-16)21(22)23/h2-9,20H,10-14H2,1H3. The van der Waals surface area contributed by atoms with Gasteiger partial charge >= 0.3 is 0 Å². The van der Waals surface area contributed by atoms with Crippen molar-refractivity contribution in [2.45, 2.75) is 25.2 Å². The largest absolute Gasteiger partial charge is 0.384 e. The van der Waals surface area contributed by atoms with Gasteiger partial charge in [-0.2, -0.15) is 0 Å².